The first-order chi connectivity index (χ1) is 10.3. The van der Waals surface area contributed by atoms with Gasteiger partial charge in [-0.15, -0.1) is 0 Å². The summed E-state index contributed by atoms with van der Waals surface area (Å²) >= 11 is 0. The molecule has 0 bridgehead atoms. The van der Waals surface area contributed by atoms with Gasteiger partial charge in [-0.3, -0.25) is 9.59 Å². The van der Waals surface area contributed by atoms with Crippen LogP contribution in [-0.2, 0) is 16.0 Å². The molecule has 0 saturated carbocycles. The zero-order valence-electron chi connectivity index (χ0n) is 13.0. The van der Waals surface area contributed by atoms with Crippen LogP contribution in [-0.4, -0.2) is 35.0 Å². The first-order valence-electron chi connectivity index (χ1n) is 7.58. The molecule has 120 valence electrons. The SMILES string of the molecule is CC(Cc1cccc(F)c1)C(=O)N1CCCC(C)(C(=O)O)C1. The molecular formula is C17H22FNO3. The number of benzene rings is 1. The van der Waals surface area contributed by atoms with Gasteiger partial charge in [0.15, 0.2) is 0 Å². The van der Waals surface area contributed by atoms with Crippen LogP contribution in [0.4, 0.5) is 4.39 Å². The van der Waals surface area contributed by atoms with Crippen molar-refractivity contribution < 1.29 is 19.1 Å². The molecule has 2 atom stereocenters. The fourth-order valence-corrected chi connectivity index (χ4v) is 3.02. The lowest BCUT2D eigenvalue weighted by atomic mass is 9.81. The van der Waals surface area contributed by atoms with Gasteiger partial charge in [-0.05, 0) is 43.9 Å². The predicted octanol–water partition coefficient (Wildman–Crippen LogP) is 2.72. The maximum atomic E-state index is 13.2. The molecule has 1 heterocycles. The Labute approximate surface area is 129 Å². The van der Waals surface area contributed by atoms with Gasteiger partial charge in [-0.1, -0.05) is 19.1 Å². The number of rotatable bonds is 4. The number of aliphatic carboxylic acids is 1. The molecule has 2 rings (SSSR count). The summed E-state index contributed by atoms with van der Waals surface area (Å²) in [5.74, 6) is -1.52. The fourth-order valence-electron chi connectivity index (χ4n) is 3.02. The van der Waals surface area contributed by atoms with E-state index in [1.54, 1.807) is 30.9 Å². The Hall–Kier alpha value is -1.91. The summed E-state index contributed by atoms with van der Waals surface area (Å²) in [6, 6.07) is 6.23. The molecule has 1 aromatic carbocycles. The normalized spacial score (nSPS) is 23.1. The van der Waals surface area contributed by atoms with Gasteiger partial charge < -0.3 is 10.0 Å². The van der Waals surface area contributed by atoms with Gasteiger partial charge in [0.1, 0.15) is 5.82 Å². The summed E-state index contributed by atoms with van der Waals surface area (Å²) in [6.07, 6.45) is 1.74. The average molecular weight is 307 g/mol. The number of carboxylic acids is 1. The monoisotopic (exact) mass is 307 g/mol. The Morgan fingerprint density at radius 3 is 2.82 bits per heavy atom. The smallest absolute Gasteiger partial charge is 0.311 e. The molecule has 1 aliphatic heterocycles. The second kappa shape index (κ2) is 6.46. The maximum absolute atomic E-state index is 13.2. The van der Waals surface area contributed by atoms with Crippen molar-refractivity contribution in [3.8, 4) is 0 Å². The quantitative estimate of drug-likeness (QED) is 0.930. The third kappa shape index (κ3) is 3.64. The molecule has 5 heteroatoms. The zero-order chi connectivity index (χ0) is 16.3. The van der Waals surface area contributed by atoms with E-state index < -0.39 is 11.4 Å². The van der Waals surface area contributed by atoms with Crippen molar-refractivity contribution >= 4 is 11.9 Å². The second-order valence-corrected chi connectivity index (χ2v) is 6.46. The highest BCUT2D eigenvalue weighted by molar-refractivity contribution is 5.81. The minimum Gasteiger partial charge on any atom is -0.481 e. The lowest BCUT2D eigenvalue weighted by Crippen LogP contribution is -2.50. The van der Waals surface area contributed by atoms with Crippen molar-refractivity contribution in [2.45, 2.75) is 33.1 Å². The molecule has 1 aromatic rings. The van der Waals surface area contributed by atoms with Crippen molar-refractivity contribution in [3.63, 3.8) is 0 Å². The van der Waals surface area contributed by atoms with E-state index in [9.17, 15) is 19.1 Å². The van der Waals surface area contributed by atoms with Gasteiger partial charge in [-0.25, -0.2) is 4.39 Å². The van der Waals surface area contributed by atoms with Gasteiger partial charge in [-0.2, -0.15) is 0 Å². The molecule has 1 fully saturated rings. The van der Waals surface area contributed by atoms with E-state index in [1.165, 1.54) is 12.1 Å². The Bertz CT molecular complexity index is 575. The van der Waals surface area contributed by atoms with Crippen LogP contribution in [0.25, 0.3) is 0 Å². The van der Waals surface area contributed by atoms with Gasteiger partial charge in [0.25, 0.3) is 0 Å². The number of halogens is 1. The van der Waals surface area contributed by atoms with Crippen LogP contribution in [0.3, 0.4) is 0 Å². The molecule has 0 radical (unpaired) electrons. The Morgan fingerprint density at radius 2 is 2.18 bits per heavy atom. The highest BCUT2D eigenvalue weighted by atomic mass is 19.1. The van der Waals surface area contributed by atoms with Gasteiger partial charge >= 0.3 is 5.97 Å². The van der Waals surface area contributed by atoms with E-state index in [0.717, 1.165) is 5.56 Å². The second-order valence-electron chi connectivity index (χ2n) is 6.46. The number of nitrogens with zero attached hydrogens (tertiary/aromatic N) is 1. The number of hydrogen-bond donors (Lipinski definition) is 1. The van der Waals surface area contributed by atoms with Crippen LogP contribution in [0.15, 0.2) is 24.3 Å². The highest BCUT2D eigenvalue weighted by Gasteiger charge is 2.40. The molecule has 1 aliphatic rings. The number of carbonyl (C=O) groups is 2. The Balaban J connectivity index is 2.02. The van der Waals surface area contributed by atoms with Crippen LogP contribution < -0.4 is 0 Å². The molecular weight excluding hydrogens is 285 g/mol. The summed E-state index contributed by atoms with van der Waals surface area (Å²) in [5, 5.41) is 9.32. The lowest BCUT2D eigenvalue weighted by molar-refractivity contribution is -0.154. The third-order valence-electron chi connectivity index (χ3n) is 4.38. The molecule has 4 nitrogen and oxygen atoms in total. The van der Waals surface area contributed by atoms with Crippen LogP contribution in [0, 0.1) is 17.2 Å². The molecule has 22 heavy (non-hydrogen) atoms. The van der Waals surface area contributed by atoms with Gasteiger partial charge in [0, 0.05) is 19.0 Å². The van der Waals surface area contributed by atoms with Crippen LogP contribution in [0.5, 0.6) is 0 Å². The van der Waals surface area contributed by atoms with E-state index in [1.807, 2.05) is 0 Å². The van der Waals surface area contributed by atoms with Crippen molar-refractivity contribution in [1.82, 2.24) is 4.90 Å². The van der Waals surface area contributed by atoms with E-state index >= 15 is 0 Å². The van der Waals surface area contributed by atoms with E-state index in [-0.39, 0.29) is 24.2 Å². The average Bonchev–Trinajstić information content (AvgIpc) is 2.46. The lowest BCUT2D eigenvalue weighted by Gasteiger charge is -2.38. The maximum Gasteiger partial charge on any atom is 0.311 e. The fraction of sp³-hybridized carbons (Fsp3) is 0.529. The first kappa shape index (κ1) is 16.5. The Kier molecular flexibility index (Phi) is 4.84. The molecule has 0 aliphatic carbocycles. The Morgan fingerprint density at radius 1 is 1.45 bits per heavy atom. The number of likely N-dealkylation sites (tertiary alicyclic amines) is 1. The predicted molar refractivity (Wildman–Crippen MR) is 80.8 cm³/mol. The first-order valence-corrected chi connectivity index (χ1v) is 7.58. The summed E-state index contributed by atoms with van der Waals surface area (Å²) in [4.78, 5) is 25.5. The standard InChI is InChI=1S/C17H22FNO3/c1-12(9-13-5-3-6-14(18)10-13)15(20)19-8-4-7-17(2,11-19)16(21)22/h3,5-6,10,12H,4,7-9,11H2,1-2H3,(H,21,22). The van der Waals surface area contributed by atoms with Crippen molar-refractivity contribution in [3.05, 3.63) is 35.6 Å². The summed E-state index contributed by atoms with van der Waals surface area (Å²) in [7, 11) is 0. The van der Waals surface area contributed by atoms with Crippen LogP contribution in [0.2, 0.25) is 0 Å². The molecule has 2 unspecified atom stereocenters. The van der Waals surface area contributed by atoms with Crippen LogP contribution in [0.1, 0.15) is 32.3 Å². The minimum atomic E-state index is -0.869. The number of piperidine rings is 1. The van der Waals surface area contributed by atoms with Crippen LogP contribution >= 0.6 is 0 Å². The highest BCUT2D eigenvalue weighted by Crippen LogP contribution is 2.30. The number of carboxylic acid groups (broad SMARTS) is 1. The van der Waals surface area contributed by atoms with Crippen molar-refractivity contribution in [2.24, 2.45) is 11.3 Å². The molecule has 0 aromatic heterocycles. The molecule has 1 amide bonds. The van der Waals surface area contributed by atoms with Crippen molar-refractivity contribution in [2.75, 3.05) is 13.1 Å². The van der Waals surface area contributed by atoms with Gasteiger partial charge in [0.05, 0.1) is 5.41 Å². The summed E-state index contributed by atoms with van der Waals surface area (Å²) in [5.41, 5.74) is -0.0918. The largest absolute Gasteiger partial charge is 0.481 e. The number of carbonyl (C=O) groups excluding carboxylic acids is 1. The molecule has 1 saturated heterocycles. The zero-order valence-corrected chi connectivity index (χ0v) is 13.0. The van der Waals surface area contributed by atoms with E-state index in [0.29, 0.717) is 25.8 Å². The van der Waals surface area contributed by atoms with Crippen molar-refractivity contribution in [1.29, 1.82) is 0 Å². The van der Waals surface area contributed by atoms with E-state index in [4.69, 9.17) is 0 Å². The minimum absolute atomic E-state index is 0.0589. The summed E-state index contributed by atoms with van der Waals surface area (Å²) in [6.45, 7) is 4.33. The topological polar surface area (TPSA) is 57.6 Å². The van der Waals surface area contributed by atoms with Gasteiger partial charge in [0.2, 0.25) is 5.91 Å². The third-order valence-corrected chi connectivity index (χ3v) is 4.38. The summed E-state index contributed by atoms with van der Waals surface area (Å²) < 4.78 is 13.2. The number of hydrogen-bond acceptors (Lipinski definition) is 2. The van der Waals surface area contributed by atoms with E-state index in [2.05, 4.69) is 0 Å². The number of amides is 1. The molecule has 0 spiro atoms. The molecule has 1 N–H and O–H groups in total.